The molecule has 2 N–H and O–H groups in total. The highest BCUT2D eigenvalue weighted by Crippen LogP contribution is 2.17. The fourth-order valence-electron chi connectivity index (χ4n) is 3.13. The minimum absolute atomic E-state index is 0.140. The third-order valence-electron chi connectivity index (χ3n) is 4.58. The lowest BCUT2D eigenvalue weighted by Crippen LogP contribution is -2.19. The van der Waals surface area contributed by atoms with Gasteiger partial charge in [-0.2, -0.15) is 5.10 Å². The van der Waals surface area contributed by atoms with Crippen LogP contribution in [0.4, 0.5) is 5.69 Å². The van der Waals surface area contributed by atoms with Crippen LogP contribution in [-0.2, 0) is 4.79 Å². The first kappa shape index (κ1) is 20.1. The summed E-state index contributed by atoms with van der Waals surface area (Å²) < 4.78 is 2.13. The molecule has 0 aliphatic heterocycles. The molecule has 0 spiro atoms. The van der Waals surface area contributed by atoms with E-state index in [-0.39, 0.29) is 11.8 Å². The molecule has 0 aliphatic rings. The van der Waals surface area contributed by atoms with E-state index < -0.39 is 0 Å². The molecule has 1 aromatic heterocycles. The first-order valence-electron chi connectivity index (χ1n) is 9.33. The Morgan fingerprint density at radius 2 is 1.52 bits per heavy atom. The Hall–Kier alpha value is -3.67. The summed E-state index contributed by atoms with van der Waals surface area (Å²) in [4.78, 5) is 23.6. The SMILES string of the molecule is CC(=O)Nc1cccc(/C(C)=N/NC(=O)c2ccc(-n3c(C)ccc3C)cc2)c1. The van der Waals surface area contributed by atoms with Crippen LogP contribution in [0.3, 0.4) is 0 Å². The van der Waals surface area contributed by atoms with Crippen molar-refractivity contribution in [2.24, 2.45) is 5.10 Å². The molecule has 6 heteroatoms. The van der Waals surface area contributed by atoms with Gasteiger partial charge in [-0.15, -0.1) is 0 Å². The second kappa shape index (κ2) is 8.56. The second-order valence-electron chi connectivity index (χ2n) is 6.90. The van der Waals surface area contributed by atoms with Crippen LogP contribution in [0.25, 0.3) is 5.69 Å². The maximum atomic E-state index is 12.4. The molecule has 0 atom stereocenters. The summed E-state index contributed by atoms with van der Waals surface area (Å²) in [5.41, 5.74) is 8.54. The van der Waals surface area contributed by atoms with E-state index in [1.807, 2.05) is 44.2 Å². The number of nitrogens with one attached hydrogen (secondary N) is 2. The molecule has 0 bridgehead atoms. The molecule has 2 aromatic carbocycles. The molecule has 0 fully saturated rings. The number of carbonyl (C=O) groups excluding carboxylic acids is 2. The van der Waals surface area contributed by atoms with Gasteiger partial charge in [-0.1, -0.05) is 12.1 Å². The standard InChI is InChI=1S/C23H24N4O2/c1-15-8-9-16(2)27(15)22-12-10-19(11-13-22)23(29)26-25-17(3)20-6-5-7-21(14-20)24-18(4)28/h5-14H,1-4H3,(H,24,28)(H,26,29)/b25-17+. The summed E-state index contributed by atoms with van der Waals surface area (Å²) in [6.07, 6.45) is 0. The van der Waals surface area contributed by atoms with Crippen molar-refractivity contribution >= 4 is 23.2 Å². The Morgan fingerprint density at radius 1 is 0.862 bits per heavy atom. The van der Waals surface area contributed by atoms with E-state index in [0.717, 1.165) is 22.6 Å². The van der Waals surface area contributed by atoms with Gasteiger partial charge in [0, 0.05) is 35.2 Å². The molecule has 0 saturated heterocycles. The van der Waals surface area contributed by atoms with Gasteiger partial charge in [-0.3, -0.25) is 9.59 Å². The fraction of sp³-hybridized carbons (Fsp3) is 0.174. The Balaban J connectivity index is 1.71. The average Bonchev–Trinajstić information content (AvgIpc) is 3.04. The Labute approximate surface area is 170 Å². The van der Waals surface area contributed by atoms with E-state index in [0.29, 0.717) is 17.0 Å². The zero-order chi connectivity index (χ0) is 21.0. The van der Waals surface area contributed by atoms with E-state index in [1.54, 1.807) is 25.1 Å². The van der Waals surface area contributed by atoms with E-state index in [4.69, 9.17) is 0 Å². The molecule has 2 amide bonds. The van der Waals surface area contributed by atoms with Crippen LogP contribution in [-0.4, -0.2) is 22.1 Å². The maximum absolute atomic E-state index is 12.4. The van der Waals surface area contributed by atoms with Crippen LogP contribution >= 0.6 is 0 Å². The molecule has 3 aromatic rings. The molecule has 29 heavy (non-hydrogen) atoms. The van der Waals surface area contributed by atoms with Gasteiger partial charge in [-0.25, -0.2) is 5.43 Å². The summed E-state index contributed by atoms with van der Waals surface area (Å²) in [5.74, 6) is -0.423. The summed E-state index contributed by atoms with van der Waals surface area (Å²) in [6, 6.07) is 18.8. The minimum Gasteiger partial charge on any atom is -0.326 e. The van der Waals surface area contributed by atoms with Crippen molar-refractivity contribution in [3.8, 4) is 5.69 Å². The number of rotatable bonds is 5. The molecular weight excluding hydrogens is 364 g/mol. The summed E-state index contributed by atoms with van der Waals surface area (Å²) in [7, 11) is 0. The van der Waals surface area contributed by atoms with Crippen molar-refractivity contribution in [3.05, 3.63) is 83.2 Å². The number of benzene rings is 2. The largest absolute Gasteiger partial charge is 0.326 e. The van der Waals surface area contributed by atoms with Gasteiger partial charge in [0.2, 0.25) is 5.91 Å². The fourth-order valence-corrected chi connectivity index (χ4v) is 3.13. The Kier molecular flexibility index (Phi) is 5.93. The Morgan fingerprint density at radius 3 is 2.14 bits per heavy atom. The summed E-state index contributed by atoms with van der Waals surface area (Å²) in [6.45, 7) is 7.35. The number of carbonyl (C=O) groups is 2. The normalized spacial score (nSPS) is 11.2. The van der Waals surface area contributed by atoms with Crippen molar-refractivity contribution in [1.82, 2.24) is 9.99 Å². The molecule has 6 nitrogen and oxygen atoms in total. The van der Waals surface area contributed by atoms with Crippen molar-refractivity contribution in [3.63, 3.8) is 0 Å². The van der Waals surface area contributed by atoms with Crippen molar-refractivity contribution < 1.29 is 9.59 Å². The van der Waals surface area contributed by atoms with Crippen LogP contribution in [0.5, 0.6) is 0 Å². The van der Waals surface area contributed by atoms with Gasteiger partial charge < -0.3 is 9.88 Å². The van der Waals surface area contributed by atoms with Gasteiger partial charge in [0.05, 0.1) is 5.71 Å². The highest BCUT2D eigenvalue weighted by Gasteiger charge is 2.08. The lowest BCUT2D eigenvalue weighted by molar-refractivity contribution is -0.114. The Bertz CT molecular complexity index is 1060. The number of aromatic nitrogens is 1. The molecule has 148 valence electrons. The minimum atomic E-state index is -0.283. The topological polar surface area (TPSA) is 75.5 Å². The average molecular weight is 388 g/mol. The molecule has 1 heterocycles. The van der Waals surface area contributed by atoms with Crippen molar-refractivity contribution in [2.45, 2.75) is 27.7 Å². The first-order valence-corrected chi connectivity index (χ1v) is 9.33. The number of hydrazone groups is 1. The van der Waals surface area contributed by atoms with Gasteiger partial charge in [0.15, 0.2) is 0 Å². The van der Waals surface area contributed by atoms with Crippen LogP contribution in [0, 0.1) is 13.8 Å². The van der Waals surface area contributed by atoms with Crippen LogP contribution in [0.1, 0.15) is 41.2 Å². The number of anilines is 1. The van der Waals surface area contributed by atoms with Crippen LogP contribution in [0.15, 0.2) is 65.8 Å². The van der Waals surface area contributed by atoms with E-state index in [1.165, 1.54) is 6.92 Å². The third kappa shape index (κ3) is 4.79. The number of hydrogen-bond acceptors (Lipinski definition) is 3. The highest BCUT2D eigenvalue weighted by molar-refractivity contribution is 6.02. The predicted molar refractivity (Wildman–Crippen MR) is 116 cm³/mol. The second-order valence-corrected chi connectivity index (χ2v) is 6.90. The van der Waals surface area contributed by atoms with Gasteiger partial charge in [-0.05, 0) is 74.9 Å². The van der Waals surface area contributed by atoms with Crippen LogP contribution in [0.2, 0.25) is 0 Å². The van der Waals surface area contributed by atoms with Crippen LogP contribution < -0.4 is 10.7 Å². The third-order valence-corrected chi connectivity index (χ3v) is 4.58. The van der Waals surface area contributed by atoms with E-state index in [9.17, 15) is 9.59 Å². The quantitative estimate of drug-likeness (QED) is 0.508. The maximum Gasteiger partial charge on any atom is 0.271 e. The number of nitrogens with zero attached hydrogens (tertiary/aromatic N) is 2. The predicted octanol–water partition coefficient (Wildman–Crippen LogP) is 4.21. The van der Waals surface area contributed by atoms with Gasteiger partial charge in [0.1, 0.15) is 0 Å². The number of hydrogen-bond donors (Lipinski definition) is 2. The molecule has 0 saturated carbocycles. The van der Waals surface area contributed by atoms with Gasteiger partial charge in [0.25, 0.3) is 5.91 Å². The van der Waals surface area contributed by atoms with Crippen molar-refractivity contribution in [1.29, 1.82) is 0 Å². The molecular formula is C23H24N4O2. The van der Waals surface area contributed by atoms with E-state index >= 15 is 0 Å². The van der Waals surface area contributed by atoms with Gasteiger partial charge >= 0.3 is 0 Å². The summed E-state index contributed by atoms with van der Waals surface area (Å²) in [5, 5.41) is 6.92. The zero-order valence-electron chi connectivity index (χ0n) is 17.0. The lowest BCUT2D eigenvalue weighted by atomic mass is 10.1. The zero-order valence-corrected chi connectivity index (χ0v) is 17.0. The molecule has 0 unspecified atom stereocenters. The number of aryl methyl sites for hydroxylation is 2. The smallest absolute Gasteiger partial charge is 0.271 e. The summed E-state index contributed by atoms with van der Waals surface area (Å²) >= 11 is 0. The highest BCUT2D eigenvalue weighted by atomic mass is 16.2. The van der Waals surface area contributed by atoms with E-state index in [2.05, 4.69) is 32.5 Å². The number of amides is 2. The molecule has 3 rings (SSSR count). The molecule has 0 radical (unpaired) electrons. The monoisotopic (exact) mass is 388 g/mol. The molecule has 0 aliphatic carbocycles. The van der Waals surface area contributed by atoms with Crippen molar-refractivity contribution in [2.75, 3.05) is 5.32 Å². The lowest BCUT2D eigenvalue weighted by Gasteiger charge is -2.10. The first-order chi connectivity index (χ1) is 13.8.